The third kappa shape index (κ3) is 5.41. The van der Waals surface area contributed by atoms with Gasteiger partial charge in [-0.3, -0.25) is 9.36 Å². The van der Waals surface area contributed by atoms with Gasteiger partial charge in [0.2, 0.25) is 5.91 Å². The van der Waals surface area contributed by atoms with Crippen LogP contribution >= 0.6 is 35.0 Å². The number of aromatic nitrogens is 3. The number of nitrogens with zero attached hydrogens (tertiary/aromatic N) is 3. The zero-order valence-electron chi connectivity index (χ0n) is 18.4. The SMILES string of the molecule is Cc1cc(C)c(NC(=O)CSc2nnc(-c3ccc(Cl)cc3)n2-c2ccc(Cl)cc2)c(C)c1. The molecule has 0 saturated carbocycles. The number of carbonyl (C=O) groups is 1. The summed E-state index contributed by atoms with van der Waals surface area (Å²) in [6.45, 7) is 6.04. The highest BCUT2D eigenvalue weighted by Crippen LogP contribution is 2.30. The average Bonchev–Trinajstić information content (AvgIpc) is 3.20. The van der Waals surface area contributed by atoms with Gasteiger partial charge in [0, 0.05) is 27.0 Å². The van der Waals surface area contributed by atoms with E-state index in [2.05, 4.69) is 27.6 Å². The first kappa shape index (κ1) is 23.4. The Morgan fingerprint density at radius 2 is 1.48 bits per heavy atom. The molecule has 0 aliphatic heterocycles. The van der Waals surface area contributed by atoms with Gasteiger partial charge in [0.05, 0.1) is 5.75 Å². The molecule has 1 N–H and O–H groups in total. The lowest BCUT2D eigenvalue weighted by Gasteiger charge is -2.13. The van der Waals surface area contributed by atoms with Crippen LogP contribution in [0.25, 0.3) is 17.1 Å². The first-order valence-electron chi connectivity index (χ1n) is 10.3. The Bertz CT molecular complexity index is 1280. The molecule has 5 nitrogen and oxygen atoms in total. The summed E-state index contributed by atoms with van der Waals surface area (Å²) < 4.78 is 1.92. The number of thioether (sulfide) groups is 1. The van der Waals surface area contributed by atoms with Crippen LogP contribution in [0.5, 0.6) is 0 Å². The number of hydrogen-bond acceptors (Lipinski definition) is 4. The number of anilines is 1. The van der Waals surface area contributed by atoms with E-state index in [0.29, 0.717) is 21.0 Å². The van der Waals surface area contributed by atoms with E-state index in [-0.39, 0.29) is 11.7 Å². The minimum atomic E-state index is -0.103. The number of aryl methyl sites for hydroxylation is 3. The van der Waals surface area contributed by atoms with Gasteiger partial charge in [0.15, 0.2) is 11.0 Å². The zero-order chi connectivity index (χ0) is 23.5. The van der Waals surface area contributed by atoms with E-state index in [1.807, 2.05) is 73.9 Å². The molecule has 0 aliphatic rings. The van der Waals surface area contributed by atoms with Crippen molar-refractivity contribution in [3.63, 3.8) is 0 Å². The maximum atomic E-state index is 12.8. The number of halogens is 2. The molecule has 4 rings (SSSR count). The van der Waals surface area contributed by atoms with Gasteiger partial charge in [-0.05, 0) is 80.4 Å². The van der Waals surface area contributed by atoms with Crippen molar-refractivity contribution >= 4 is 46.6 Å². The van der Waals surface area contributed by atoms with E-state index in [0.717, 1.165) is 28.1 Å². The molecule has 0 aliphatic carbocycles. The lowest BCUT2D eigenvalue weighted by atomic mass is 10.1. The smallest absolute Gasteiger partial charge is 0.234 e. The predicted molar refractivity (Wildman–Crippen MR) is 137 cm³/mol. The molecule has 3 aromatic carbocycles. The summed E-state index contributed by atoms with van der Waals surface area (Å²) in [5, 5.41) is 13.7. The van der Waals surface area contributed by atoms with Gasteiger partial charge in [-0.2, -0.15) is 0 Å². The van der Waals surface area contributed by atoms with Crippen LogP contribution in [0.3, 0.4) is 0 Å². The highest BCUT2D eigenvalue weighted by Gasteiger charge is 2.18. The number of hydrogen-bond donors (Lipinski definition) is 1. The Hall–Kier alpha value is -2.80. The maximum Gasteiger partial charge on any atom is 0.234 e. The van der Waals surface area contributed by atoms with Gasteiger partial charge >= 0.3 is 0 Å². The number of carbonyl (C=O) groups excluding carboxylic acids is 1. The summed E-state index contributed by atoms with van der Waals surface area (Å²) >= 11 is 13.5. The highest BCUT2D eigenvalue weighted by molar-refractivity contribution is 7.99. The summed E-state index contributed by atoms with van der Waals surface area (Å²) in [6, 6.07) is 18.9. The lowest BCUT2D eigenvalue weighted by molar-refractivity contribution is -0.113. The van der Waals surface area contributed by atoms with Crippen LogP contribution < -0.4 is 5.32 Å². The molecule has 0 fully saturated rings. The first-order chi connectivity index (χ1) is 15.8. The fraction of sp³-hybridized carbons (Fsp3) is 0.160. The Balaban J connectivity index is 1.60. The monoisotopic (exact) mass is 496 g/mol. The van der Waals surface area contributed by atoms with Gasteiger partial charge in [0.1, 0.15) is 0 Å². The van der Waals surface area contributed by atoms with Crippen molar-refractivity contribution in [3.05, 3.63) is 87.4 Å². The van der Waals surface area contributed by atoms with Crippen LogP contribution in [0, 0.1) is 20.8 Å². The Morgan fingerprint density at radius 1 is 0.909 bits per heavy atom. The molecule has 1 aromatic heterocycles. The topological polar surface area (TPSA) is 59.8 Å². The minimum Gasteiger partial charge on any atom is -0.325 e. The zero-order valence-corrected chi connectivity index (χ0v) is 20.7. The Morgan fingerprint density at radius 3 is 2.09 bits per heavy atom. The van der Waals surface area contributed by atoms with Crippen LogP contribution in [0.1, 0.15) is 16.7 Å². The van der Waals surface area contributed by atoms with E-state index < -0.39 is 0 Å². The Labute approximate surface area is 207 Å². The fourth-order valence-electron chi connectivity index (χ4n) is 3.66. The second-order valence-corrected chi connectivity index (χ2v) is 9.55. The van der Waals surface area contributed by atoms with Crippen molar-refractivity contribution in [2.75, 3.05) is 11.1 Å². The first-order valence-corrected chi connectivity index (χ1v) is 12.0. The largest absolute Gasteiger partial charge is 0.325 e. The van der Waals surface area contributed by atoms with E-state index in [9.17, 15) is 4.79 Å². The normalized spacial score (nSPS) is 10.9. The van der Waals surface area contributed by atoms with Crippen molar-refractivity contribution in [1.82, 2.24) is 14.8 Å². The molecule has 8 heteroatoms. The molecule has 4 aromatic rings. The summed E-state index contributed by atoms with van der Waals surface area (Å²) in [5.41, 5.74) is 5.82. The van der Waals surface area contributed by atoms with Crippen LogP contribution in [0.2, 0.25) is 10.0 Å². The van der Waals surface area contributed by atoms with Crippen LogP contribution in [0.4, 0.5) is 5.69 Å². The number of nitrogens with one attached hydrogen (secondary N) is 1. The standard InChI is InChI=1S/C25H22Cl2N4OS/c1-15-12-16(2)23(17(3)13-15)28-22(32)14-33-25-30-29-24(18-4-6-19(26)7-5-18)31(25)21-10-8-20(27)9-11-21/h4-13H,14H2,1-3H3,(H,28,32). The maximum absolute atomic E-state index is 12.8. The highest BCUT2D eigenvalue weighted by atomic mass is 35.5. The number of benzene rings is 3. The second kappa shape index (κ2) is 10.00. The van der Waals surface area contributed by atoms with Gasteiger partial charge in [0.25, 0.3) is 0 Å². The summed E-state index contributed by atoms with van der Waals surface area (Å²) in [4.78, 5) is 12.8. The molecule has 168 valence electrons. The van der Waals surface area contributed by atoms with Crippen molar-refractivity contribution in [2.24, 2.45) is 0 Å². The van der Waals surface area contributed by atoms with E-state index in [1.54, 1.807) is 0 Å². The molecule has 0 saturated heterocycles. The predicted octanol–water partition coefficient (Wildman–Crippen LogP) is 6.90. The molecule has 33 heavy (non-hydrogen) atoms. The van der Waals surface area contributed by atoms with E-state index >= 15 is 0 Å². The van der Waals surface area contributed by atoms with Crippen LogP contribution in [0.15, 0.2) is 65.8 Å². The second-order valence-electron chi connectivity index (χ2n) is 7.74. The molecule has 0 spiro atoms. The van der Waals surface area contributed by atoms with Gasteiger partial charge in [-0.1, -0.05) is 52.7 Å². The van der Waals surface area contributed by atoms with Gasteiger partial charge in [-0.25, -0.2) is 0 Å². The quantitative estimate of drug-likeness (QED) is 0.295. The molecule has 0 radical (unpaired) electrons. The lowest BCUT2D eigenvalue weighted by Crippen LogP contribution is -2.16. The van der Waals surface area contributed by atoms with Crippen molar-refractivity contribution < 1.29 is 4.79 Å². The van der Waals surface area contributed by atoms with Crippen molar-refractivity contribution in [1.29, 1.82) is 0 Å². The third-order valence-corrected chi connectivity index (χ3v) is 6.53. The Kier molecular flexibility index (Phi) is 7.08. The molecule has 1 amide bonds. The van der Waals surface area contributed by atoms with E-state index in [1.165, 1.54) is 17.3 Å². The molecular formula is C25H22Cl2N4OS. The number of amides is 1. The summed E-state index contributed by atoms with van der Waals surface area (Å²) in [7, 11) is 0. The summed E-state index contributed by atoms with van der Waals surface area (Å²) in [5.74, 6) is 0.745. The minimum absolute atomic E-state index is 0.103. The fourth-order valence-corrected chi connectivity index (χ4v) is 4.66. The summed E-state index contributed by atoms with van der Waals surface area (Å²) in [6.07, 6.45) is 0. The van der Waals surface area contributed by atoms with E-state index in [4.69, 9.17) is 23.2 Å². The number of rotatable bonds is 6. The average molecular weight is 497 g/mol. The molecule has 1 heterocycles. The molecular weight excluding hydrogens is 475 g/mol. The van der Waals surface area contributed by atoms with Crippen molar-refractivity contribution in [2.45, 2.75) is 25.9 Å². The van der Waals surface area contributed by atoms with Crippen molar-refractivity contribution in [3.8, 4) is 17.1 Å². The molecule has 0 unspecified atom stereocenters. The molecule has 0 bridgehead atoms. The van der Waals surface area contributed by atoms with Gasteiger partial charge < -0.3 is 5.32 Å². The van der Waals surface area contributed by atoms with Gasteiger partial charge in [-0.15, -0.1) is 10.2 Å². The van der Waals surface area contributed by atoms with Crippen LogP contribution in [-0.4, -0.2) is 26.4 Å². The van der Waals surface area contributed by atoms with Crippen LogP contribution in [-0.2, 0) is 4.79 Å². The molecule has 0 atom stereocenters. The third-order valence-electron chi connectivity index (χ3n) is 5.09.